The Morgan fingerprint density at radius 1 is 0.875 bits per heavy atom. The van der Waals surface area contributed by atoms with Gasteiger partial charge in [-0.05, 0) is 52.8 Å². The molecule has 0 saturated carbocycles. The van der Waals surface area contributed by atoms with Crippen LogP contribution in [-0.2, 0) is 23.0 Å². The average molecular weight is 323 g/mol. The number of likely N-dealkylation sites (N-methyl/N-ethyl adjacent to an activating group) is 1. The Hall–Kier alpha value is -1.64. The second-order valence-electron chi connectivity index (χ2n) is 6.68. The van der Waals surface area contributed by atoms with E-state index in [1.54, 1.807) is 0 Å². The van der Waals surface area contributed by atoms with E-state index < -0.39 is 0 Å². The van der Waals surface area contributed by atoms with Gasteiger partial charge in [0, 0.05) is 13.7 Å². The molecule has 0 atom stereocenters. The van der Waals surface area contributed by atoms with Gasteiger partial charge in [0.2, 0.25) is 0 Å². The highest BCUT2D eigenvalue weighted by molar-refractivity contribution is 5.84. The normalized spacial score (nSPS) is 14.5. The van der Waals surface area contributed by atoms with Gasteiger partial charge >= 0.3 is 0 Å². The smallest absolute Gasteiger partial charge is 0.0612 e. The molecular formula is C22H29NO. The van der Waals surface area contributed by atoms with E-state index in [-0.39, 0.29) is 5.41 Å². The lowest BCUT2D eigenvalue weighted by molar-refractivity contribution is 0.147. The van der Waals surface area contributed by atoms with Gasteiger partial charge in [-0.25, -0.2) is 0 Å². The van der Waals surface area contributed by atoms with Gasteiger partial charge in [0.1, 0.15) is 0 Å². The Labute approximate surface area is 146 Å². The molecule has 2 aromatic carbocycles. The zero-order valence-electron chi connectivity index (χ0n) is 15.4. The minimum atomic E-state index is -0.0887. The number of methoxy groups -OCH3 is 1. The number of aryl methyl sites for hydroxylation is 2. The van der Waals surface area contributed by atoms with E-state index in [0.717, 1.165) is 25.9 Å². The highest BCUT2D eigenvalue weighted by Crippen LogP contribution is 2.51. The molecule has 0 radical (unpaired) electrons. The van der Waals surface area contributed by atoms with Crippen LogP contribution in [0.3, 0.4) is 0 Å². The molecule has 0 amide bonds. The first kappa shape index (κ1) is 17.2. The highest BCUT2D eigenvalue weighted by atomic mass is 16.5. The Bertz CT molecular complexity index is 666. The van der Waals surface area contributed by atoms with Crippen LogP contribution >= 0.6 is 0 Å². The third-order valence-electron chi connectivity index (χ3n) is 5.38. The summed E-state index contributed by atoms with van der Waals surface area (Å²) in [5.74, 6) is 0. The van der Waals surface area contributed by atoms with E-state index in [1.807, 2.05) is 7.11 Å². The third-order valence-corrected chi connectivity index (χ3v) is 5.38. The number of nitrogens with one attached hydrogen (secondary N) is 1. The predicted molar refractivity (Wildman–Crippen MR) is 102 cm³/mol. The summed E-state index contributed by atoms with van der Waals surface area (Å²) in [6.07, 6.45) is 2.10. The van der Waals surface area contributed by atoms with Crippen molar-refractivity contribution in [2.24, 2.45) is 0 Å². The minimum absolute atomic E-state index is 0.0887. The Morgan fingerprint density at radius 3 is 1.83 bits per heavy atom. The number of hydrogen-bond acceptors (Lipinski definition) is 2. The molecule has 128 valence electrons. The zero-order chi connectivity index (χ0) is 17.2. The van der Waals surface area contributed by atoms with Crippen LogP contribution in [0.5, 0.6) is 0 Å². The molecule has 0 bridgehead atoms. The highest BCUT2D eigenvalue weighted by Gasteiger charge is 2.45. The van der Waals surface area contributed by atoms with Gasteiger partial charge in [-0.3, -0.25) is 0 Å². The van der Waals surface area contributed by atoms with Crippen molar-refractivity contribution in [3.05, 3.63) is 58.7 Å². The first-order chi connectivity index (χ1) is 11.7. The fourth-order valence-electron chi connectivity index (χ4n) is 4.45. The monoisotopic (exact) mass is 323 g/mol. The SMILES string of the molecule is CCNCC1(COC)c2c(CC)cccc2-c2cccc(CC)c21. The number of hydrogen-bond donors (Lipinski definition) is 1. The number of benzene rings is 2. The van der Waals surface area contributed by atoms with Crippen LogP contribution in [0.1, 0.15) is 43.0 Å². The fraction of sp³-hybridized carbons (Fsp3) is 0.455. The van der Waals surface area contributed by atoms with Crippen molar-refractivity contribution in [1.82, 2.24) is 5.32 Å². The topological polar surface area (TPSA) is 21.3 Å². The largest absolute Gasteiger partial charge is 0.383 e. The molecule has 0 spiro atoms. The molecule has 0 aliphatic heterocycles. The van der Waals surface area contributed by atoms with Gasteiger partial charge in [0.15, 0.2) is 0 Å². The molecule has 2 aromatic rings. The summed E-state index contributed by atoms with van der Waals surface area (Å²) in [6.45, 7) is 9.29. The summed E-state index contributed by atoms with van der Waals surface area (Å²) in [5, 5.41) is 3.62. The summed E-state index contributed by atoms with van der Waals surface area (Å²) in [5.41, 5.74) is 8.55. The van der Waals surface area contributed by atoms with Gasteiger partial charge < -0.3 is 10.1 Å². The van der Waals surface area contributed by atoms with Crippen LogP contribution in [0.25, 0.3) is 11.1 Å². The molecule has 2 heteroatoms. The Kier molecular flexibility index (Phi) is 5.07. The van der Waals surface area contributed by atoms with Crippen molar-refractivity contribution >= 4 is 0 Å². The maximum absolute atomic E-state index is 5.80. The fourth-order valence-corrected chi connectivity index (χ4v) is 4.45. The summed E-state index contributed by atoms with van der Waals surface area (Å²) >= 11 is 0. The molecule has 0 saturated heterocycles. The predicted octanol–water partition coefficient (Wildman–Crippen LogP) is 4.33. The Balaban J connectivity index is 2.35. The molecule has 1 aliphatic rings. The second-order valence-corrected chi connectivity index (χ2v) is 6.68. The molecule has 24 heavy (non-hydrogen) atoms. The molecule has 2 nitrogen and oxygen atoms in total. The lowest BCUT2D eigenvalue weighted by Gasteiger charge is -2.34. The van der Waals surface area contributed by atoms with Gasteiger partial charge in [-0.1, -0.05) is 57.2 Å². The van der Waals surface area contributed by atoms with E-state index in [9.17, 15) is 0 Å². The van der Waals surface area contributed by atoms with Crippen molar-refractivity contribution in [2.75, 3.05) is 26.8 Å². The summed E-state index contributed by atoms with van der Waals surface area (Å²) in [7, 11) is 1.83. The van der Waals surface area contributed by atoms with Gasteiger partial charge in [-0.2, -0.15) is 0 Å². The lowest BCUT2D eigenvalue weighted by Crippen LogP contribution is -2.42. The average Bonchev–Trinajstić information content (AvgIpc) is 2.91. The number of rotatable bonds is 7. The Morgan fingerprint density at radius 2 is 1.42 bits per heavy atom. The van der Waals surface area contributed by atoms with Crippen molar-refractivity contribution in [2.45, 2.75) is 39.0 Å². The van der Waals surface area contributed by atoms with Crippen molar-refractivity contribution < 1.29 is 4.74 Å². The van der Waals surface area contributed by atoms with Crippen molar-refractivity contribution in [3.63, 3.8) is 0 Å². The summed E-state index contributed by atoms with van der Waals surface area (Å²) in [6, 6.07) is 13.6. The summed E-state index contributed by atoms with van der Waals surface area (Å²) in [4.78, 5) is 0. The van der Waals surface area contributed by atoms with Crippen molar-refractivity contribution in [1.29, 1.82) is 0 Å². The molecule has 0 heterocycles. The van der Waals surface area contributed by atoms with Crippen LogP contribution in [0.4, 0.5) is 0 Å². The lowest BCUT2D eigenvalue weighted by atomic mass is 9.74. The van der Waals surface area contributed by atoms with Gasteiger partial charge in [0.05, 0.1) is 12.0 Å². The third kappa shape index (κ3) is 2.49. The zero-order valence-corrected chi connectivity index (χ0v) is 15.4. The van der Waals surface area contributed by atoms with E-state index >= 15 is 0 Å². The molecule has 1 aliphatic carbocycles. The molecular weight excluding hydrogens is 294 g/mol. The minimum Gasteiger partial charge on any atom is -0.383 e. The first-order valence-electron chi connectivity index (χ1n) is 9.18. The number of ether oxygens (including phenoxy) is 1. The maximum atomic E-state index is 5.80. The van der Waals surface area contributed by atoms with E-state index in [1.165, 1.54) is 33.4 Å². The van der Waals surface area contributed by atoms with E-state index in [0.29, 0.717) is 6.61 Å². The van der Waals surface area contributed by atoms with Crippen LogP contribution in [0.2, 0.25) is 0 Å². The second kappa shape index (κ2) is 7.08. The summed E-state index contributed by atoms with van der Waals surface area (Å²) < 4.78 is 5.80. The van der Waals surface area contributed by atoms with Crippen molar-refractivity contribution in [3.8, 4) is 11.1 Å². The quantitative estimate of drug-likeness (QED) is 0.818. The van der Waals surface area contributed by atoms with E-state index in [4.69, 9.17) is 4.74 Å². The van der Waals surface area contributed by atoms with Crippen LogP contribution in [0.15, 0.2) is 36.4 Å². The molecule has 3 rings (SSSR count). The van der Waals surface area contributed by atoms with Crippen LogP contribution in [0, 0.1) is 0 Å². The maximum Gasteiger partial charge on any atom is 0.0612 e. The van der Waals surface area contributed by atoms with Crippen LogP contribution < -0.4 is 5.32 Å². The standard InChI is InChI=1S/C22H29NO/c1-5-16-10-8-12-18-19-13-9-11-17(6-2)21(19)22(15-24-4,20(16)18)14-23-7-3/h8-13,23H,5-7,14-15H2,1-4H3. The van der Waals surface area contributed by atoms with Crippen LogP contribution in [-0.4, -0.2) is 26.8 Å². The molecule has 0 unspecified atom stereocenters. The molecule has 1 N–H and O–H groups in total. The van der Waals surface area contributed by atoms with Gasteiger partial charge in [0.25, 0.3) is 0 Å². The first-order valence-corrected chi connectivity index (χ1v) is 9.18. The number of fused-ring (bicyclic) bond motifs is 3. The molecule has 0 aromatic heterocycles. The van der Waals surface area contributed by atoms with Gasteiger partial charge in [-0.15, -0.1) is 0 Å². The van der Waals surface area contributed by atoms with E-state index in [2.05, 4.69) is 62.5 Å². The molecule has 0 fully saturated rings.